The van der Waals surface area contributed by atoms with Gasteiger partial charge in [0.1, 0.15) is 5.75 Å². The zero-order chi connectivity index (χ0) is 15.9. The summed E-state index contributed by atoms with van der Waals surface area (Å²) in [6.45, 7) is 2.56. The fourth-order valence-electron chi connectivity index (χ4n) is 1.65. The number of amides is 1. The summed E-state index contributed by atoms with van der Waals surface area (Å²) in [7, 11) is 1.85. The minimum Gasteiger partial charge on any atom is -0.439 e. The van der Waals surface area contributed by atoms with Crippen molar-refractivity contribution in [2.45, 2.75) is 13.0 Å². The van der Waals surface area contributed by atoms with Gasteiger partial charge in [0.2, 0.25) is 5.88 Å². The normalized spacial score (nSPS) is 10.8. The van der Waals surface area contributed by atoms with E-state index in [1.54, 1.807) is 12.1 Å². The smallest absolute Gasteiger partial charge is 0.252 e. The van der Waals surface area contributed by atoms with Crippen molar-refractivity contribution in [3.63, 3.8) is 0 Å². The number of halogens is 3. The molecule has 1 atom stereocenters. The van der Waals surface area contributed by atoms with Crippen molar-refractivity contribution in [2.24, 2.45) is 0 Å². The Kier molecular flexibility index (Phi) is 10.6. The first-order valence-electron chi connectivity index (χ1n) is 6.93. The summed E-state index contributed by atoms with van der Waals surface area (Å²) < 4.78 is 6.59. The maximum Gasteiger partial charge on any atom is 0.252 e. The van der Waals surface area contributed by atoms with E-state index in [4.69, 9.17) is 4.74 Å². The van der Waals surface area contributed by atoms with Gasteiger partial charge >= 0.3 is 0 Å². The molecular weight excluding hydrogens is 417 g/mol. The Labute approximate surface area is 162 Å². The third-order valence-corrected chi connectivity index (χ3v) is 3.62. The maximum absolute atomic E-state index is 11.9. The minimum absolute atomic E-state index is 0. The number of rotatable bonds is 6. The highest BCUT2D eigenvalue weighted by molar-refractivity contribution is 9.10. The quantitative estimate of drug-likeness (QED) is 0.722. The molecule has 0 aliphatic carbocycles. The van der Waals surface area contributed by atoms with Crippen molar-refractivity contribution in [1.29, 1.82) is 0 Å². The summed E-state index contributed by atoms with van der Waals surface area (Å²) in [6.07, 6.45) is 1.51. The van der Waals surface area contributed by atoms with Crippen molar-refractivity contribution in [3.05, 3.63) is 52.6 Å². The van der Waals surface area contributed by atoms with Gasteiger partial charge in [-0.05, 0) is 44.3 Å². The number of benzene rings is 1. The molecule has 1 aromatic carbocycles. The molecule has 1 unspecified atom stereocenters. The molecule has 0 fully saturated rings. The van der Waals surface area contributed by atoms with E-state index in [9.17, 15) is 4.79 Å². The highest BCUT2D eigenvalue weighted by atomic mass is 79.9. The van der Waals surface area contributed by atoms with Crippen LogP contribution in [0.15, 0.2) is 47.1 Å². The van der Waals surface area contributed by atoms with Gasteiger partial charge in [-0.25, -0.2) is 4.98 Å². The van der Waals surface area contributed by atoms with Crippen molar-refractivity contribution in [1.82, 2.24) is 15.6 Å². The van der Waals surface area contributed by atoms with E-state index in [2.05, 4.69) is 31.5 Å². The molecule has 5 nitrogen and oxygen atoms in total. The van der Waals surface area contributed by atoms with Gasteiger partial charge in [-0.2, -0.15) is 0 Å². The number of ether oxygens (including phenoxy) is 1. The van der Waals surface area contributed by atoms with Crippen LogP contribution in [0.1, 0.15) is 17.3 Å². The molecule has 1 amide bonds. The zero-order valence-electron chi connectivity index (χ0n) is 13.3. The molecule has 1 heterocycles. The summed E-state index contributed by atoms with van der Waals surface area (Å²) in [5.74, 6) is 0.989. The first-order valence-corrected chi connectivity index (χ1v) is 7.72. The minimum atomic E-state index is -0.148. The average Bonchev–Trinajstić information content (AvgIpc) is 2.55. The Morgan fingerprint density at radius 1 is 1.21 bits per heavy atom. The molecule has 8 heteroatoms. The summed E-state index contributed by atoms with van der Waals surface area (Å²) in [5.41, 5.74) is 0.506. The van der Waals surface area contributed by atoms with E-state index in [-0.39, 0.29) is 36.8 Å². The molecular formula is C16H20BrCl2N3O2. The second-order valence-electron chi connectivity index (χ2n) is 4.84. The van der Waals surface area contributed by atoms with Gasteiger partial charge < -0.3 is 15.4 Å². The molecule has 2 rings (SSSR count). The van der Waals surface area contributed by atoms with Crippen LogP contribution in [-0.2, 0) is 0 Å². The molecule has 2 aromatic rings. The predicted molar refractivity (Wildman–Crippen MR) is 104 cm³/mol. The highest BCUT2D eigenvalue weighted by Crippen LogP contribution is 2.21. The standard InChI is InChI=1S/C16H18BrN3O2.2ClH/c1-11(18-2)9-20-16(21)12-3-8-15(19-10-12)22-14-6-4-13(17)5-7-14;;/h3-8,10-11,18H,9H2,1-2H3,(H,20,21);2*1H. The van der Waals surface area contributed by atoms with E-state index >= 15 is 0 Å². The monoisotopic (exact) mass is 435 g/mol. The maximum atomic E-state index is 11.9. The van der Waals surface area contributed by atoms with Gasteiger partial charge in [0, 0.05) is 29.3 Å². The van der Waals surface area contributed by atoms with Crippen LogP contribution >= 0.6 is 40.7 Å². The lowest BCUT2D eigenvalue weighted by Gasteiger charge is -2.11. The van der Waals surface area contributed by atoms with Crippen molar-refractivity contribution in [3.8, 4) is 11.6 Å². The van der Waals surface area contributed by atoms with Crippen LogP contribution in [-0.4, -0.2) is 30.5 Å². The third-order valence-electron chi connectivity index (χ3n) is 3.10. The van der Waals surface area contributed by atoms with Gasteiger partial charge in [0.15, 0.2) is 0 Å². The lowest BCUT2D eigenvalue weighted by atomic mass is 10.2. The second-order valence-corrected chi connectivity index (χ2v) is 5.76. The number of nitrogens with one attached hydrogen (secondary N) is 2. The molecule has 0 aliphatic rings. The van der Waals surface area contributed by atoms with Gasteiger partial charge in [0.05, 0.1) is 5.56 Å². The number of pyridine rings is 1. The lowest BCUT2D eigenvalue weighted by molar-refractivity contribution is 0.0950. The number of nitrogens with zero attached hydrogens (tertiary/aromatic N) is 1. The van der Waals surface area contributed by atoms with Crippen LogP contribution in [0, 0.1) is 0 Å². The number of likely N-dealkylation sites (N-methyl/N-ethyl adjacent to an activating group) is 1. The van der Waals surface area contributed by atoms with E-state index in [1.807, 2.05) is 38.2 Å². The Balaban J connectivity index is 0.00000264. The second kappa shape index (κ2) is 11.3. The van der Waals surface area contributed by atoms with E-state index < -0.39 is 0 Å². The van der Waals surface area contributed by atoms with Crippen LogP contribution in [0.5, 0.6) is 11.6 Å². The average molecular weight is 437 g/mol. The van der Waals surface area contributed by atoms with Crippen LogP contribution in [0.25, 0.3) is 0 Å². The number of carbonyl (C=O) groups is 1. The molecule has 1 aromatic heterocycles. The third kappa shape index (κ3) is 7.05. The summed E-state index contributed by atoms with van der Waals surface area (Å²) in [5, 5.41) is 5.90. The van der Waals surface area contributed by atoms with Gasteiger partial charge in [0.25, 0.3) is 5.91 Å². The number of aromatic nitrogens is 1. The van der Waals surface area contributed by atoms with Crippen LogP contribution in [0.2, 0.25) is 0 Å². The number of carbonyl (C=O) groups excluding carboxylic acids is 1. The lowest BCUT2D eigenvalue weighted by Crippen LogP contribution is -2.37. The van der Waals surface area contributed by atoms with Crippen LogP contribution in [0.3, 0.4) is 0 Å². The summed E-state index contributed by atoms with van der Waals surface area (Å²) in [6, 6.07) is 11.0. The highest BCUT2D eigenvalue weighted by Gasteiger charge is 2.08. The zero-order valence-corrected chi connectivity index (χ0v) is 16.5. The Hall–Kier alpha value is -1.34. The molecule has 0 spiro atoms. The Morgan fingerprint density at radius 2 is 1.88 bits per heavy atom. The molecule has 0 aliphatic heterocycles. The first-order chi connectivity index (χ1) is 10.6. The fourth-order valence-corrected chi connectivity index (χ4v) is 1.91. The van der Waals surface area contributed by atoms with Crippen molar-refractivity contribution < 1.29 is 9.53 Å². The molecule has 132 valence electrons. The van der Waals surface area contributed by atoms with Crippen molar-refractivity contribution in [2.75, 3.05) is 13.6 Å². The number of hydrogen-bond donors (Lipinski definition) is 2. The molecule has 2 N–H and O–H groups in total. The number of hydrogen-bond acceptors (Lipinski definition) is 4. The van der Waals surface area contributed by atoms with E-state index in [0.717, 1.165) is 4.47 Å². The Bertz CT molecular complexity index is 624. The van der Waals surface area contributed by atoms with E-state index in [0.29, 0.717) is 23.7 Å². The summed E-state index contributed by atoms with van der Waals surface area (Å²) >= 11 is 3.37. The van der Waals surface area contributed by atoms with Gasteiger partial charge in [-0.15, -0.1) is 24.8 Å². The van der Waals surface area contributed by atoms with E-state index in [1.165, 1.54) is 6.20 Å². The van der Waals surface area contributed by atoms with Crippen LogP contribution in [0.4, 0.5) is 0 Å². The molecule has 0 bridgehead atoms. The fraction of sp³-hybridized carbons (Fsp3) is 0.250. The molecule has 0 saturated heterocycles. The SMILES string of the molecule is CNC(C)CNC(=O)c1ccc(Oc2ccc(Br)cc2)nc1.Cl.Cl. The predicted octanol–water partition coefficient (Wildman–Crippen LogP) is 3.82. The molecule has 24 heavy (non-hydrogen) atoms. The first kappa shape index (κ1) is 22.7. The Morgan fingerprint density at radius 3 is 2.42 bits per heavy atom. The van der Waals surface area contributed by atoms with Gasteiger partial charge in [-0.3, -0.25) is 4.79 Å². The largest absolute Gasteiger partial charge is 0.439 e. The molecule has 0 saturated carbocycles. The van der Waals surface area contributed by atoms with Gasteiger partial charge in [-0.1, -0.05) is 15.9 Å². The molecule has 0 radical (unpaired) electrons. The van der Waals surface area contributed by atoms with Crippen molar-refractivity contribution >= 4 is 46.7 Å². The summed E-state index contributed by atoms with van der Waals surface area (Å²) in [4.78, 5) is 16.1. The van der Waals surface area contributed by atoms with Crippen LogP contribution < -0.4 is 15.4 Å². The topological polar surface area (TPSA) is 63.2 Å².